The number of para-hydroxylation sites is 1. The van der Waals surface area contributed by atoms with Gasteiger partial charge in [-0.25, -0.2) is 0 Å². The third kappa shape index (κ3) is 4.17. The van der Waals surface area contributed by atoms with E-state index in [9.17, 15) is 27.9 Å². The SMILES string of the molecule is O=C(Nc1cc(Cl)ccc1O)C(=O)Nc1ccccc1C(F)(F)F. The van der Waals surface area contributed by atoms with Crippen LogP contribution in [-0.4, -0.2) is 16.9 Å². The molecule has 0 heterocycles. The average molecular weight is 359 g/mol. The van der Waals surface area contributed by atoms with Crippen molar-refractivity contribution in [2.75, 3.05) is 10.6 Å². The molecule has 0 unspecified atom stereocenters. The molecule has 2 rings (SSSR count). The predicted molar refractivity (Wildman–Crippen MR) is 81.8 cm³/mol. The predicted octanol–water partition coefficient (Wildman–Crippen LogP) is 3.64. The molecule has 0 aromatic heterocycles. The molecular weight excluding hydrogens is 349 g/mol. The lowest BCUT2D eigenvalue weighted by Crippen LogP contribution is -2.30. The minimum Gasteiger partial charge on any atom is -0.506 e. The molecule has 24 heavy (non-hydrogen) atoms. The fraction of sp³-hybridized carbons (Fsp3) is 0.0667. The second kappa shape index (κ2) is 6.79. The van der Waals surface area contributed by atoms with Gasteiger partial charge in [-0.1, -0.05) is 23.7 Å². The van der Waals surface area contributed by atoms with Crippen LogP contribution in [-0.2, 0) is 15.8 Å². The van der Waals surface area contributed by atoms with Gasteiger partial charge < -0.3 is 15.7 Å². The first kappa shape index (κ1) is 17.6. The van der Waals surface area contributed by atoms with Gasteiger partial charge in [-0.2, -0.15) is 13.2 Å². The quantitative estimate of drug-likeness (QED) is 0.566. The summed E-state index contributed by atoms with van der Waals surface area (Å²) in [6.45, 7) is 0. The monoisotopic (exact) mass is 358 g/mol. The Morgan fingerprint density at radius 2 is 1.54 bits per heavy atom. The number of alkyl halides is 3. The molecule has 0 bridgehead atoms. The summed E-state index contributed by atoms with van der Waals surface area (Å²) in [4.78, 5) is 23.6. The number of nitrogens with one attached hydrogen (secondary N) is 2. The first-order chi connectivity index (χ1) is 11.2. The Balaban J connectivity index is 2.16. The highest BCUT2D eigenvalue weighted by Gasteiger charge is 2.34. The maximum atomic E-state index is 12.8. The van der Waals surface area contributed by atoms with Gasteiger partial charge in [0.2, 0.25) is 0 Å². The molecule has 0 atom stereocenters. The van der Waals surface area contributed by atoms with E-state index in [4.69, 9.17) is 11.6 Å². The Morgan fingerprint density at radius 1 is 0.958 bits per heavy atom. The van der Waals surface area contributed by atoms with Crippen molar-refractivity contribution in [3.05, 3.63) is 53.1 Å². The van der Waals surface area contributed by atoms with Crippen molar-refractivity contribution in [2.24, 2.45) is 0 Å². The smallest absolute Gasteiger partial charge is 0.418 e. The number of carbonyl (C=O) groups is 2. The van der Waals surface area contributed by atoms with Crippen molar-refractivity contribution in [1.29, 1.82) is 0 Å². The maximum absolute atomic E-state index is 12.8. The van der Waals surface area contributed by atoms with Crippen LogP contribution in [0.1, 0.15) is 5.56 Å². The zero-order chi connectivity index (χ0) is 17.9. The number of carbonyl (C=O) groups excluding carboxylic acids is 2. The van der Waals surface area contributed by atoms with Crippen molar-refractivity contribution in [1.82, 2.24) is 0 Å². The molecule has 5 nitrogen and oxygen atoms in total. The topological polar surface area (TPSA) is 78.4 Å². The normalized spacial score (nSPS) is 11.0. The van der Waals surface area contributed by atoms with Crippen LogP contribution in [0.3, 0.4) is 0 Å². The van der Waals surface area contributed by atoms with E-state index in [2.05, 4.69) is 5.32 Å². The van der Waals surface area contributed by atoms with Gasteiger partial charge in [0, 0.05) is 5.02 Å². The highest BCUT2D eigenvalue weighted by molar-refractivity contribution is 6.44. The molecule has 3 N–H and O–H groups in total. The third-order valence-electron chi connectivity index (χ3n) is 2.89. The van der Waals surface area contributed by atoms with Gasteiger partial charge in [-0.05, 0) is 30.3 Å². The Morgan fingerprint density at radius 3 is 2.17 bits per heavy atom. The lowest BCUT2D eigenvalue weighted by Gasteiger charge is -2.13. The summed E-state index contributed by atoms with van der Waals surface area (Å²) in [6.07, 6.45) is -4.69. The number of benzene rings is 2. The van der Waals surface area contributed by atoms with Crippen LogP contribution in [0.15, 0.2) is 42.5 Å². The molecule has 0 aliphatic heterocycles. The molecule has 0 radical (unpaired) electrons. The summed E-state index contributed by atoms with van der Waals surface area (Å²) < 4.78 is 38.5. The van der Waals surface area contributed by atoms with Crippen molar-refractivity contribution < 1.29 is 27.9 Å². The average Bonchev–Trinajstić information content (AvgIpc) is 2.50. The summed E-state index contributed by atoms with van der Waals surface area (Å²) in [6, 6.07) is 7.96. The molecule has 0 saturated heterocycles. The first-order valence-electron chi connectivity index (χ1n) is 6.45. The van der Waals surface area contributed by atoms with Crippen LogP contribution in [0.5, 0.6) is 5.75 Å². The van der Waals surface area contributed by atoms with Gasteiger partial charge in [0.05, 0.1) is 16.9 Å². The van der Waals surface area contributed by atoms with E-state index in [0.717, 1.165) is 18.2 Å². The van der Waals surface area contributed by atoms with E-state index in [0.29, 0.717) is 0 Å². The molecule has 9 heteroatoms. The van der Waals surface area contributed by atoms with Crippen molar-refractivity contribution in [3.63, 3.8) is 0 Å². The molecule has 0 spiro atoms. The zero-order valence-corrected chi connectivity index (χ0v) is 12.6. The summed E-state index contributed by atoms with van der Waals surface area (Å²) in [7, 11) is 0. The van der Waals surface area contributed by atoms with Crippen molar-refractivity contribution in [3.8, 4) is 5.75 Å². The van der Waals surface area contributed by atoms with E-state index in [1.165, 1.54) is 24.3 Å². The molecule has 2 aromatic carbocycles. The number of phenolic OH excluding ortho intramolecular Hbond substituents is 1. The van der Waals surface area contributed by atoms with Crippen LogP contribution in [0.4, 0.5) is 24.5 Å². The van der Waals surface area contributed by atoms with E-state index in [1.54, 1.807) is 0 Å². The minimum atomic E-state index is -4.69. The minimum absolute atomic E-state index is 0.147. The zero-order valence-electron chi connectivity index (χ0n) is 11.8. The Kier molecular flexibility index (Phi) is 4.99. The van der Waals surface area contributed by atoms with Crippen molar-refractivity contribution in [2.45, 2.75) is 6.18 Å². The third-order valence-corrected chi connectivity index (χ3v) is 3.13. The number of hydrogen-bond donors (Lipinski definition) is 3. The number of anilines is 2. The highest BCUT2D eigenvalue weighted by Crippen LogP contribution is 2.34. The second-order valence-electron chi connectivity index (χ2n) is 4.61. The number of phenols is 1. The van der Waals surface area contributed by atoms with Gasteiger partial charge >= 0.3 is 18.0 Å². The van der Waals surface area contributed by atoms with Crippen LogP contribution < -0.4 is 10.6 Å². The van der Waals surface area contributed by atoms with Crippen LogP contribution in [0, 0.1) is 0 Å². The van der Waals surface area contributed by atoms with Gasteiger partial charge in [0.25, 0.3) is 0 Å². The standard InChI is InChI=1S/C15H10ClF3N2O3/c16-8-5-6-12(22)11(7-8)21-14(24)13(23)20-10-4-2-1-3-9(10)15(17,18)19/h1-7,22H,(H,20,23)(H,21,24). The second-order valence-corrected chi connectivity index (χ2v) is 5.05. The largest absolute Gasteiger partial charge is 0.506 e. The van der Waals surface area contributed by atoms with E-state index >= 15 is 0 Å². The fourth-order valence-electron chi connectivity index (χ4n) is 1.81. The summed E-state index contributed by atoms with van der Waals surface area (Å²) in [5.41, 5.74) is -1.79. The summed E-state index contributed by atoms with van der Waals surface area (Å²) >= 11 is 5.69. The molecule has 0 aliphatic rings. The van der Waals surface area contributed by atoms with Crippen LogP contribution in [0.25, 0.3) is 0 Å². The molecule has 126 valence electrons. The van der Waals surface area contributed by atoms with Crippen LogP contribution >= 0.6 is 11.6 Å². The number of hydrogen-bond acceptors (Lipinski definition) is 3. The van der Waals surface area contributed by atoms with E-state index < -0.39 is 29.2 Å². The Bertz CT molecular complexity index is 794. The molecule has 0 fully saturated rings. The lowest BCUT2D eigenvalue weighted by atomic mass is 10.1. The lowest BCUT2D eigenvalue weighted by molar-refractivity contribution is -0.137. The maximum Gasteiger partial charge on any atom is 0.418 e. The van der Waals surface area contributed by atoms with Gasteiger partial charge in [0.15, 0.2) is 0 Å². The summed E-state index contributed by atoms with van der Waals surface area (Å²) in [5, 5.41) is 13.7. The molecule has 2 aromatic rings. The number of amides is 2. The van der Waals surface area contributed by atoms with Gasteiger partial charge in [0.1, 0.15) is 5.75 Å². The summed E-state index contributed by atoms with van der Waals surface area (Å²) in [5.74, 6) is -2.94. The van der Waals surface area contributed by atoms with Gasteiger partial charge in [-0.15, -0.1) is 0 Å². The van der Waals surface area contributed by atoms with E-state index in [-0.39, 0.29) is 16.5 Å². The Labute approximate surface area is 139 Å². The van der Waals surface area contributed by atoms with Crippen LogP contribution in [0.2, 0.25) is 5.02 Å². The molecular formula is C15H10ClF3N2O3. The molecule has 0 aliphatic carbocycles. The Hall–Kier alpha value is -2.74. The number of rotatable bonds is 2. The highest BCUT2D eigenvalue weighted by atomic mass is 35.5. The molecule has 0 saturated carbocycles. The first-order valence-corrected chi connectivity index (χ1v) is 6.83. The fourth-order valence-corrected chi connectivity index (χ4v) is 1.98. The van der Waals surface area contributed by atoms with E-state index in [1.807, 2.05) is 5.32 Å². The van der Waals surface area contributed by atoms with Gasteiger partial charge in [-0.3, -0.25) is 9.59 Å². The number of halogens is 4. The molecule has 2 amide bonds. The number of aromatic hydroxyl groups is 1. The van der Waals surface area contributed by atoms with Crippen molar-refractivity contribution >= 4 is 34.8 Å².